The Kier molecular flexibility index (Phi) is 5.72. The van der Waals surface area contributed by atoms with Gasteiger partial charge in [0.05, 0.1) is 13.2 Å². The van der Waals surface area contributed by atoms with Crippen LogP contribution in [0, 0.1) is 17.3 Å². The summed E-state index contributed by atoms with van der Waals surface area (Å²) in [5, 5.41) is 0. The number of hydrogen-bond acceptors (Lipinski definition) is 3. The summed E-state index contributed by atoms with van der Waals surface area (Å²) in [6.45, 7) is 16.4. The molecule has 0 saturated heterocycles. The summed E-state index contributed by atoms with van der Waals surface area (Å²) >= 11 is 0. The Morgan fingerprint density at radius 2 is 1.67 bits per heavy atom. The van der Waals surface area contributed by atoms with Gasteiger partial charge in [-0.15, -0.1) is 0 Å². The van der Waals surface area contributed by atoms with Crippen molar-refractivity contribution in [3.63, 3.8) is 0 Å². The van der Waals surface area contributed by atoms with E-state index in [1.54, 1.807) is 12.7 Å². The van der Waals surface area contributed by atoms with Crippen molar-refractivity contribution in [3.8, 4) is 11.5 Å². The normalized spacial score (nSPS) is 33.5. The fraction of sp³-hybridized carbons (Fsp3) is 0.760. The highest BCUT2D eigenvalue weighted by Gasteiger charge is 2.56. The Morgan fingerprint density at radius 3 is 2.30 bits per heavy atom. The van der Waals surface area contributed by atoms with Crippen molar-refractivity contribution in [2.24, 2.45) is 17.3 Å². The highest BCUT2D eigenvalue weighted by atomic mass is 28.4. The summed E-state index contributed by atoms with van der Waals surface area (Å²) in [6, 6.07) is 4.52. The zero-order chi connectivity index (χ0) is 21.9. The molecule has 1 aromatic carbocycles. The second-order valence-electron chi connectivity index (χ2n) is 12.1. The average molecular weight is 447 g/mol. The fourth-order valence-electron chi connectivity index (χ4n) is 6.77. The molecule has 0 aliphatic heterocycles. The molecular weight excluding hydrogens is 404 g/mol. The van der Waals surface area contributed by atoms with Gasteiger partial charge < -0.3 is 13.6 Å². The quantitative estimate of drug-likeness (QED) is 0.456. The van der Waals surface area contributed by atoms with Crippen molar-refractivity contribution in [1.29, 1.82) is 0 Å². The molecule has 2 fully saturated rings. The lowest BCUT2D eigenvalue weighted by molar-refractivity contribution is -0.0141. The molecule has 3 nitrogen and oxygen atoms in total. The molecule has 5 heteroatoms. The molecule has 0 bridgehead atoms. The molecule has 0 radical (unpaired) electrons. The molecule has 168 valence electrons. The van der Waals surface area contributed by atoms with Crippen LogP contribution in [0.2, 0.25) is 39.3 Å². The minimum atomic E-state index is -1.71. The Hall–Kier alpha value is -0.786. The average Bonchev–Trinajstić information content (AvgIpc) is 2.95. The van der Waals surface area contributed by atoms with Gasteiger partial charge in [-0.1, -0.05) is 13.0 Å². The molecule has 30 heavy (non-hydrogen) atoms. The van der Waals surface area contributed by atoms with Crippen molar-refractivity contribution in [3.05, 3.63) is 23.3 Å². The zero-order valence-corrected chi connectivity index (χ0v) is 22.4. The molecule has 2 saturated carbocycles. The van der Waals surface area contributed by atoms with Crippen LogP contribution in [0.5, 0.6) is 11.5 Å². The van der Waals surface area contributed by atoms with Crippen molar-refractivity contribution in [2.75, 3.05) is 7.11 Å². The van der Waals surface area contributed by atoms with E-state index in [1.807, 2.05) is 0 Å². The van der Waals surface area contributed by atoms with Crippen molar-refractivity contribution in [2.45, 2.75) is 96.8 Å². The first-order valence-corrected chi connectivity index (χ1v) is 18.8. The minimum Gasteiger partial charge on any atom is -0.542 e. The Balaban J connectivity index is 1.65. The van der Waals surface area contributed by atoms with E-state index in [-0.39, 0.29) is 0 Å². The van der Waals surface area contributed by atoms with Gasteiger partial charge in [0.2, 0.25) is 8.32 Å². The van der Waals surface area contributed by atoms with Gasteiger partial charge in [-0.2, -0.15) is 0 Å². The number of hydrogen-bond donors (Lipinski definition) is 0. The number of rotatable bonds is 5. The first-order chi connectivity index (χ1) is 13.9. The fourth-order valence-corrected chi connectivity index (χ4v) is 8.84. The Morgan fingerprint density at radius 1 is 0.933 bits per heavy atom. The molecule has 0 spiro atoms. The molecule has 0 aromatic heterocycles. The molecule has 3 aliphatic rings. The highest BCUT2D eigenvalue weighted by molar-refractivity contribution is 6.70. The maximum absolute atomic E-state index is 6.73. The van der Waals surface area contributed by atoms with E-state index in [0.29, 0.717) is 17.4 Å². The standard InChI is InChI=1S/C25H42O3Si2/c1-25-16-15-18-17-11-13-22(26-2)24(28-30(6,7)8)20(17)10-9-19(18)21(25)12-14-23(25)27-29(3,4)5/h11,13,18-19,21,23H,9-10,12,14-16H2,1-8H3. The van der Waals surface area contributed by atoms with Crippen LogP contribution in [0.1, 0.15) is 56.1 Å². The van der Waals surface area contributed by atoms with Crippen molar-refractivity contribution < 1.29 is 13.6 Å². The SMILES string of the molecule is COc1ccc2c(c1O[Si](C)(C)C)CCC1C2CCC2(C)C(O[Si](C)(C)C)CCC12. The van der Waals surface area contributed by atoms with Gasteiger partial charge in [0.25, 0.3) is 0 Å². The summed E-state index contributed by atoms with van der Waals surface area (Å²) in [6.07, 6.45) is 8.06. The van der Waals surface area contributed by atoms with E-state index >= 15 is 0 Å². The molecule has 3 aliphatic carbocycles. The minimum absolute atomic E-state index is 0.364. The van der Waals surface area contributed by atoms with Crippen LogP contribution in [-0.2, 0) is 10.8 Å². The van der Waals surface area contributed by atoms with Crippen molar-refractivity contribution in [1.82, 2.24) is 0 Å². The lowest BCUT2D eigenvalue weighted by atomic mass is 9.55. The number of methoxy groups -OCH3 is 1. The Bertz CT molecular complexity index is 795. The maximum atomic E-state index is 6.73. The second kappa shape index (κ2) is 7.66. The molecule has 0 N–H and O–H groups in total. The van der Waals surface area contributed by atoms with Crippen LogP contribution in [0.25, 0.3) is 0 Å². The summed E-state index contributed by atoms with van der Waals surface area (Å²) in [7, 11) is -1.45. The molecule has 0 heterocycles. The lowest BCUT2D eigenvalue weighted by Crippen LogP contribution is -2.47. The number of ether oxygens (including phenoxy) is 1. The molecule has 5 atom stereocenters. The van der Waals surface area contributed by atoms with Gasteiger partial charge in [-0.25, -0.2) is 0 Å². The van der Waals surface area contributed by atoms with Gasteiger partial charge in [-0.3, -0.25) is 0 Å². The van der Waals surface area contributed by atoms with Crippen LogP contribution in [0.15, 0.2) is 12.1 Å². The van der Waals surface area contributed by atoms with Crippen LogP contribution in [-0.4, -0.2) is 29.8 Å². The third kappa shape index (κ3) is 4.02. The smallest absolute Gasteiger partial charge is 0.242 e. The predicted molar refractivity (Wildman–Crippen MR) is 130 cm³/mol. The van der Waals surface area contributed by atoms with Gasteiger partial charge >= 0.3 is 0 Å². The summed E-state index contributed by atoms with van der Waals surface area (Å²) in [5.41, 5.74) is 3.36. The highest BCUT2D eigenvalue weighted by Crippen LogP contribution is 2.62. The van der Waals surface area contributed by atoms with E-state index in [1.165, 1.54) is 37.7 Å². The first-order valence-electron chi connectivity index (χ1n) is 12.0. The van der Waals surface area contributed by atoms with Crippen LogP contribution < -0.4 is 9.16 Å². The van der Waals surface area contributed by atoms with Crippen LogP contribution in [0.3, 0.4) is 0 Å². The third-order valence-electron chi connectivity index (χ3n) is 7.86. The number of benzene rings is 1. The van der Waals surface area contributed by atoms with E-state index in [2.05, 4.69) is 58.3 Å². The van der Waals surface area contributed by atoms with E-state index < -0.39 is 16.6 Å². The Labute approximate surface area is 186 Å². The van der Waals surface area contributed by atoms with Crippen molar-refractivity contribution >= 4 is 16.6 Å². The molecular formula is C25H42O3Si2. The molecule has 0 amide bonds. The van der Waals surface area contributed by atoms with Crippen LogP contribution >= 0.6 is 0 Å². The van der Waals surface area contributed by atoms with E-state index in [0.717, 1.165) is 29.8 Å². The van der Waals surface area contributed by atoms with Gasteiger partial charge in [0.1, 0.15) is 5.75 Å². The zero-order valence-electron chi connectivity index (χ0n) is 20.4. The molecule has 4 rings (SSSR count). The van der Waals surface area contributed by atoms with E-state index in [9.17, 15) is 0 Å². The molecule has 5 unspecified atom stereocenters. The third-order valence-corrected chi connectivity index (χ3v) is 9.67. The van der Waals surface area contributed by atoms with Gasteiger partial charge in [-0.05, 0) is 113 Å². The lowest BCUT2D eigenvalue weighted by Gasteiger charge is -2.51. The maximum Gasteiger partial charge on any atom is 0.242 e. The topological polar surface area (TPSA) is 27.7 Å². The first kappa shape index (κ1) is 22.4. The summed E-state index contributed by atoms with van der Waals surface area (Å²) in [5.74, 6) is 4.23. The number of fused-ring (bicyclic) bond motifs is 5. The summed E-state index contributed by atoms with van der Waals surface area (Å²) in [4.78, 5) is 0. The largest absolute Gasteiger partial charge is 0.542 e. The summed E-state index contributed by atoms with van der Waals surface area (Å²) < 4.78 is 19.0. The monoisotopic (exact) mass is 446 g/mol. The van der Waals surface area contributed by atoms with Crippen LogP contribution in [0.4, 0.5) is 0 Å². The second-order valence-corrected chi connectivity index (χ2v) is 21.0. The van der Waals surface area contributed by atoms with E-state index in [4.69, 9.17) is 13.6 Å². The molecule has 1 aromatic rings. The predicted octanol–water partition coefficient (Wildman–Crippen LogP) is 6.99. The van der Waals surface area contributed by atoms with Gasteiger partial charge in [0, 0.05) is 5.56 Å². The van der Waals surface area contributed by atoms with Gasteiger partial charge in [0.15, 0.2) is 14.1 Å².